The lowest BCUT2D eigenvalue weighted by Crippen LogP contribution is -2.14. The second-order valence-corrected chi connectivity index (χ2v) is 6.15. The van der Waals surface area contributed by atoms with Gasteiger partial charge in [0.15, 0.2) is 11.0 Å². The highest BCUT2D eigenvalue weighted by Crippen LogP contribution is 2.21. The van der Waals surface area contributed by atoms with E-state index in [2.05, 4.69) is 20.4 Å². The van der Waals surface area contributed by atoms with Crippen LogP contribution < -0.4 is 5.32 Å². The Hall–Kier alpha value is -2.67. The molecule has 1 N–H and O–H groups in total. The Morgan fingerprint density at radius 2 is 1.96 bits per heavy atom. The van der Waals surface area contributed by atoms with Crippen molar-refractivity contribution in [3.8, 4) is 11.3 Å². The van der Waals surface area contributed by atoms with E-state index < -0.39 is 0 Å². The molecule has 3 aromatic rings. The minimum absolute atomic E-state index is 0.181. The third-order valence-electron chi connectivity index (χ3n) is 3.13. The number of carbonyl (C=O) groups excluding carboxylic acids is 1. The maximum absolute atomic E-state index is 12.0. The van der Waals surface area contributed by atoms with Crippen molar-refractivity contribution in [2.24, 2.45) is 0 Å². The average molecular weight is 340 g/mol. The summed E-state index contributed by atoms with van der Waals surface area (Å²) >= 11 is 1.28. The van der Waals surface area contributed by atoms with Gasteiger partial charge in [-0.2, -0.15) is 0 Å². The van der Waals surface area contributed by atoms with Crippen molar-refractivity contribution in [2.75, 3.05) is 11.1 Å². The third kappa shape index (κ3) is 4.20. The molecule has 6 nitrogen and oxygen atoms in total. The summed E-state index contributed by atoms with van der Waals surface area (Å²) in [5.74, 6) is 1.07. The van der Waals surface area contributed by atoms with E-state index in [1.54, 1.807) is 13.0 Å². The summed E-state index contributed by atoms with van der Waals surface area (Å²) in [4.78, 5) is 20.9. The molecule has 0 fully saturated rings. The van der Waals surface area contributed by atoms with Crippen molar-refractivity contribution in [1.29, 1.82) is 0 Å². The van der Waals surface area contributed by atoms with Crippen LogP contribution >= 0.6 is 11.8 Å². The number of aryl methyl sites for hydroxylation is 2. The van der Waals surface area contributed by atoms with Crippen LogP contribution in [0.15, 0.2) is 52.1 Å². The summed E-state index contributed by atoms with van der Waals surface area (Å²) in [5.41, 5.74) is 2.73. The first-order chi connectivity index (χ1) is 11.6. The Morgan fingerprint density at radius 3 is 2.67 bits per heavy atom. The van der Waals surface area contributed by atoms with Gasteiger partial charge in [0.2, 0.25) is 5.91 Å². The van der Waals surface area contributed by atoms with E-state index in [-0.39, 0.29) is 11.7 Å². The van der Waals surface area contributed by atoms with Crippen LogP contribution in [0.5, 0.6) is 0 Å². The van der Waals surface area contributed by atoms with Gasteiger partial charge in [-0.25, -0.2) is 9.97 Å². The summed E-state index contributed by atoms with van der Waals surface area (Å²) in [6.45, 7) is 3.68. The molecular formula is C17H16N4O2S. The van der Waals surface area contributed by atoms with Crippen LogP contribution in [0.25, 0.3) is 11.3 Å². The molecule has 1 amide bonds. The summed E-state index contributed by atoms with van der Waals surface area (Å²) < 4.78 is 4.91. The van der Waals surface area contributed by atoms with Crippen molar-refractivity contribution in [3.63, 3.8) is 0 Å². The van der Waals surface area contributed by atoms with Crippen molar-refractivity contribution in [2.45, 2.75) is 19.0 Å². The first-order valence-electron chi connectivity index (χ1n) is 7.37. The van der Waals surface area contributed by atoms with Crippen LogP contribution in [-0.2, 0) is 4.79 Å². The van der Waals surface area contributed by atoms with Crippen molar-refractivity contribution in [3.05, 3.63) is 53.9 Å². The summed E-state index contributed by atoms with van der Waals surface area (Å²) in [6, 6.07) is 13.5. The smallest absolute Gasteiger partial charge is 0.236 e. The maximum atomic E-state index is 12.0. The summed E-state index contributed by atoms with van der Waals surface area (Å²) in [6.07, 6.45) is 0. The lowest BCUT2D eigenvalue weighted by molar-refractivity contribution is -0.113. The molecular weight excluding hydrogens is 324 g/mol. The van der Waals surface area contributed by atoms with Gasteiger partial charge < -0.3 is 9.84 Å². The van der Waals surface area contributed by atoms with E-state index in [0.29, 0.717) is 16.7 Å². The van der Waals surface area contributed by atoms with Gasteiger partial charge in [-0.15, -0.1) is 0 Å². The molecule has 0 aliphatic heterocycles. The highest BCUT2D eigenvalue weighted by atomic mass is 32.2. The van der Waals surface area contributed by atoms with E-state index in [1.165, 1.54) is 11.8 Å². The summed E-state index contributed by atoms with van der Waals surface area (Å²) in [7, 11) is 0. The zero-order valence-corrected chi connectivity index (χ0v) is 14.1. The number of benzene rings is 1. The quantitative estimate of drug-likeness (QED) is 0.566. The number of amides is 1. The maximum Gasteiger partial charge on any atom is 0.236 e. The normalized spacial score (nSPS) is 10.6. The number of aromatic nitrogens is 3. The Bertz CT molecular complexity index is 849. The molecule has 0 aliphatic rings. The van der Waals surface area contributed by atoms with Gasteiger partial charge in [-0.1, -0.05) is 47.3 Å². The Labute approximate surface area is 143 Å². The van der Waals surface area contributed by atoms with E-state index in [4.69, 9.17) is 4.52 Å². The van der Waals surface area contributed by atoms with Crippen LogP contribution in [0, 0.1) is 13.8 Å². The van der Waals surface area contributed by atoms with Gasteiger partial charge in [0, 0.05) is 17.3 Å². The van der Waals surface area contributed by atoms with E-state index in [1.807, 2.05) is 43.3 Å². The number of carbonyl (C=O) groups is 1. The van der Waals surface area contributed by atoms with Gasteiger partial charge in [0.05, 0.1) is 11.4 Å². The first kappa shape index (κ1) is 16.2. The molecule has 122 valence electrons. The largest absolute Gasteiger partial charge is 0.360 e. The molecule has 3 rings (SSSR count). The van der Waals surface area contributed by atoms with Crippen LogP contribution in [-0.4, -0.2) is 26.8 Å². The van der Waals surface area contributed by atoms with E-state index >= 15 is 0 Å². The van der Waals surface area contributed by atoms with Crippen molar-refractivity contribution < 1.29 is 9.32 Å². The molecule has 0 unspecified atom stereocenters. The number of nitrogens with one attached hydrogen (secondary N) is 1. The van der Waals surface area contributed by atoms with E-state index in [0.717, 1.165) is 17.0 Å². The Kier molecular flexibility index (Phi) is 4.90. The molecule has 1 aromatic carbocycles. The number of hydrogen-bond acceptors (Lipinski definition) is 6. The Balaban J connectivity index is 1.67. The molecule has 24 heavy (non-hydrogen) atoms. The predicted octanol–water partition coefficient (Wildman–Crippen LogP) is 3.48. The molecule has 0 aliphatic carbocycles. The topological polar surface area (TPSA) is 80.9 Å². The fourth-order valence-electron chi connectivity index (χ4n) is 2.10. The lowest BCUT2D eigenvalue weighted by atomic mass is 10.1. The number of anilines is 1. The SMILES string of the molecule is Cc1cc(-c2ccccc2)nc(SCC(=O)Nc2cc(C)on2)n1. The lowest BCUT2D eigenvalue weighted by Gasteiger charge is -2.06. The first-order valence-corrected chi connectivity index (χ1v) is 8.36. The molecule has 0 saturated carbocycles. The van der Waals surface area contributed by atoms with Crippen molar-refractivity contribution in [1.82, 2.24) is 15.1 Å². The fourth-order valence-corrected chi connectivity index (χ4v) is 2.80. The highest BCUT2D eigenvalue weighted by molar-refractivity contribution is 7.99. The van der Waals surface area contributed by atoms with Gasteiger partial charge in [-0.3, -0.25) is 4.79 Å². The average Bonchev–Trinajstić information content (AvgIpc) is 2.98. The molecule has 2 aromatic heterocycles. The molecule has 7 heteroatoms. The minimum Gasteiger partial charge on any atom is -0.360 e. The summed E-state index contributed by atoms with van der Waals surface area (Å²) in [5, 5.41) is 6.97. The molecule has 0 spiro atoms. The van der Waals surface area contributed by atoms with Crippen molar-refractivity contribution >= 4 is 23.5 Å². The minimum atomic E-state index is -0.181. The third-order valence-corrected chi connectivity index (χ3v) is 3.98. The second-order valence-electron chi connectivity index (χ2n) is 5.20. The molecule has 0 bridgehead atoms. The molecule has 0 radical (unpaired) electrons. The molecule has 0 saturated heterocycles. The number of nitrogens with zero attached hydrogens (tertiary/aromatic N) is 3. The van der Waals surface area contributed by atoms with E-state index in [9.17, 15) is 4.79 Å². The highest BCUT2D eigenvalue weighted by Gasteiger charge is 2.10. The fraction of sp³-hybridized carbons (Fsp3) is 0.176. The van der Waals surface area contributed by atoms with Gasteiger partial charge in [0.25, 0.3) is 0 Å². The monoisotopic (exact) mass is 340 g/mol. The standard InChI is InChI=1S/C17H16N4O2S/c1-11-8-14(13-6-4-3-5-7-13)19-17(18-11)24-10-16(22)20-15-9-12(2)23-21-15/h3-9H,10H2,1-2H3,(H,20,21,22). The predicted molar refractivity (Wildman–Crippen MR) is 92.8 cm³/mol. The Morgan fingerprint density at radius 1 is 1.17 bits per heavy atom. The van der Waals surface area contributed by atoms with Crippen LogP contribution in [0.2, 0.25) is 0 Å². The number of hydrogen-bond donors (Lipinski definition) is 1. The van der Waals surface area contributed by atoms with Gasteiger partial charge in [-0.05, 0) is 19.9 Å². The van der Waals surface area contributed by atoms with Crippen LogP contribution in [0.4, 0.5) is 5.82 Å². The zero-order chi connectivity index (χ0) is 16.9. The van der Waals surface area contributed by atoms with Gasteiger partial charge >= 0.3 is 0 Å². The van der Waals surface area contributed by atoms with Crippen LogP contribution in [0.3, 0.4) is 0 Å². The number of thioether (sulfide) groups is 1. The molecule has 0 atom stereocenters. The second kappa shape index (κ2) is 7.27. The zero-order valence-electron chi connectivity index (χ0n) is 13.3. The van der Waals surface area contributed by atoms with Gasteiger partial charge in [0.1, 0.15) is 5.76 Å². The number of rotatable bonds is 5. The van der Waals surface area contributed by atoms with Crippen LogP contribution in [0.1, 0.15) is 11.5 Å². The molecule has 2 heterocycles.